The molecule has 2 aliphatic heterocycles. The fourth-order valence-electron chi connectivity index (χ4n) is 13.5. The number of rotatable bonds is 39. The molecule has 1 saturated heterocycles. The molecular weight excluding hydrogens is 1200 g/mol. The van der Waals surface area contributed by atoms with Crippen LogP contribution in [0.4, 0.5) is 15.3 Å². The number of primary amides is 1. The zero-order valence-electron chi connectivity index (χ0n) is 57.8. The van der Waals surface area contributed by atoms with E-state index >= 15 is 0 Å². The Balaban J connectivity index is 1.16. The number of Topliss-reactive ketones (excluding diaryl/α,β-unsaturated/α-hetero) is 3. The van der Waals surface area contributed by atoms with Crippen LogP contribution in [0.3, 0.4) is 0 Å². The first-order valence-electron chi connectivity index (χ1n) is 34.0. The van der Waals surface area contributed by atoms with Gasteiger partial charge in [0.15, 0.2) is 11.6 Å². The summed E-state index contributed by atoms with van der Waals surface area (Å²) in [7, 11) is 4.93. The van der Waals surface area contributed by atoms with Crippen molar-refractivity contribution in [2.24, 2.45) is 47.2 Å². The molecule has 9 amide bonds. The molecule has 22 nitrogen and oxygen atoms in total. The largest absolute Gasteiger partial charge is 0.445 e. The number of urea groups is 1. The molecule has 2 aromatic rings. The molecule has 1 aliphatic carbocycles. The van der Waals surface area contributed by atoms with Crippen molar-refractivity contribution < 1.29 is 67.0 Å². The van der Waals surface area contributed by atoms with Crippen molar-refractivity contribution in [3.63, 3.8) is 0 Å². The maximum absolute atomic E-state index is 15.0. The number of ketones is 3. The zero-order valence-corrected chi connectivity index (χ0v) is 57.8. The third-order valence-corrected chi connectivity index (χ3v) is 19.6. The van der Waals surface area contributed by atoms with E-state index in [0.717, 1.165) is 43.4 Å². The van der Waals surface area contributed by atoms with Gasteiger partial charge >= 0.3 is 12.1 Å². The highest BCUT2D eigenvalue weighted by atomic mass is 16.5. The fourth-order valence-corrected chi connectivity index (χ4v) is 13.5. The second kappa shape index (κ2) is 37.7. The lowest BCUT2D eigenvalue weighted by atomic mass is 9.79. The molecule has 3 aliphatic rings. The van der Waals surface area contributed by atoms with Crippen molar-refractivity contribution in [2.75, 3.05) is 46.2 Å². The molecule has 0 spiro atoms. The topological polar surface area (TPSA) is 299 Å². The third kappa shape index (κ3) is 23.0. The number of likely N-dealkylation sites (tertiary alicyclic amines) is 1. The van der Waals surface area contributed by atoms with Gasteiger partial charge in [0, 0.05) is 102 Å². The maximum Gasteiger partial charge on any atom is 0.408 e. The Hall–Kier alpha value is -7.33. The van der Waals surface area contributed by atoms with Crippen LogP contribution < -0.4 is 27.0 Å². The first-order chi connectivity index (χ1) is 44.6. The van der Waals surface area contributed by atoms with Crippen LogP contribution in [0.25, 0.3) is 0 Å². The Morgan fingerprint density at radius 1 is 0.734 bits per heavy atom. The number of anilines is 1. The molecule has 94 heavy (non-hydrogen) atoms. The van der Waals surface area contributed by atoms with Crippen LogP contribution in [-0.2, 0) is 64.0 Å². The van der Waals surface area contributed by atoms with Crippen LogP contribution in [0, 0.1) is 41.4 Å². The van der Waals surface area contributed by atoms with Gasteiger partial charge in [0.05, 0.1) is 42.3 Å². The second-order valence-electron chi connectivity index (χ2n) is 27.5. The van der Waals surface area contributed by atoms with Gasteiger partial charge in [-0.05, 0) is 118 Å². The summed E-state index contributed by atoms with van der Waals surface area (Å²) in [6.45, 7) is 17.4. The number of ether oxygens (including phenoxy) is 3. The summed E-state index contributed by atoms with van der Waals surface area (Å²) in [5.41, 5.74) is 5.93. The van der Waals surface area contributed by atoms with Crippen molar-refractivity contribution in [3.05, 3.63) is 77.9 Å². The number of carbonyl (C=O) groups excluding carboxylic acids is 11. The van der Waals surface area contributed by atoms with Gasteiger partial charge < -0.3 is 51.0 Å². The van der Waals surface area contributed by atoms with Crippen LogP contribution in [0.5, 0.6) is 0 Å². The fraction of sp³-hybridized carbons (Fsp3) is 0.653. The van der Waals surface area contributed by atoms with Gasteiger partial charge in [-0.2, -0.15) is 0 Å². The summed E-state index contributed by atoms with van der Waals surface area (Å²) in [6.07, 6.45) is 8.76. The number of hydrogen-bond donors (Lipinski definition) is 5. The van der Waals surface area contributed by atoms with E-state index in [-0.39, 0.29) is 134 Å². The molecule has 0 aromatic heterocycles. The molecule has 2 aromatic carbocycles. The second-order valence-corrected chi connectivity index (χ2v) is 27.5. The molecule has 2 heterocycles. The lowest BCUT2D eigenvalue weighted by Gasteiger charge is -2.43. The number of likely N-dealkylation sites (N-methyl/N-ethyl adjacent to an activating group) is 1. The molecule has 1 unspecified atom stereocenters. The van der Waals surface area contributed by atoms with Gasteiger partial charge in [0.2, 0.25) is 23.6 Å². The van der Waals surface area contributed by atoms with E-state index < -0.39 is 65.6 Å². The number of amides is 9. The van der Waals surface area contributed by atoms with Crippen molar-refractivity contribution in [1.29, 1.82) is 0 Å². The number of carbonyl (C=O) groups is 11. The predicted octanol–water partition coefficient (Wildman–Crippen LogP) is 9.36. The van der Waals surface area contributed by atoms with Gasteiger partial charge in [-0.3, -0.25) is 48.1 Å². The normalized spacial score (nSPS) is 18.1. The van der Waals surface area contributed by atoms with Crippen LogP contribution >= 0.6 is 0 Å². The van der Waals surface area contributed by atoms with Gasteiger partial charge in [-0.25, -0.2) is 9.59 Å². The SMILES string of the molecule is CO[C@H]([C@@H](C)C(=O)C[C@H](C)[C@@H](C)c1ccccc1)[C@@H]1CCCN1C(=O)C[C@@H](OC)[C@H](C1CCCCC1)N(C)C(=O)[C@@H](CC(=O)C(C)(C)NC(=O)OCc1ccc(NC(=O)C(CCCNC(N)=O)CC(=O)[C@@H](NC(=O)CCCCCN2C(=O)C=CC2=O)C(C)C)cc1)C(C)C. The van der Waals surface area contributed by atoms with Crippen LogP contribution in [0.2, 0.25) is 0 Å². The Labute approximate surface area is 557 Å². The van der Waals surface area contributed by atoms with E-state index in [1.807, 2.05) is 43.9 Å². The first kappa shape index (κ1) is 77.4. The molecule has 1 saturated carbocycles. The molecule has 6 N–H and O–H groups in total. The molecule has 22 heteroatoms. The average Bonchev–Trinajstić information content (AvgIpc) is 1.17. The molecular formula is C72H108N8O14. The van der Waals surface area contributed by atoms with Gasteiger partial charge in [0.25, 0.3) is 11.8 Å². The van der Waals surface area contributed by atoms with Crippen LogP contribution in [-0.4, -0.2) is 156 Å². The van der Waals surface area contributed by atoms with Crippen molar-refractivity contribution >= 4 is 70.6 Å². The zero-order chi connectivity index (χ0) is 69.4. The Kier molecular flexibility index (Phi) is 31.0. The summed E-state index contributed by atoms with van der Waals surface area (Å²) in [6, 6.07) is 14.3. The molecule has 5 rings (SSSR count). The van der Waals surface area contributed by atoms with E-state index in [0.29, 0.717) is 56.3 Å². The van der Waals surface area contributed by atoms with E-state index in [9.17, 15) is 52.7 Å². The highest BCUT2D eigenvalue weighted by Crippen LogP contribution is 2.36. The molecule has 0 bridgehead atoms. The molecule has 2 fully saturated rings. The number of nitrogens with zero attached hydrogens (tertiary/aromatic N) is 3. The first-order valence-corrected chi connectivity index (χ1v) is 34.0. The number of methoxy groups -OCH3 is 2. The number of hydrogen-bond acceptors (Lipinski definition) is 14. The maximum atomic E-state index is 15.0. The highest BCUT2D eigenvalue weighted by molar-refractivity contribution is 6.12. The smallest absolute Gasteiger partial charge is 0.408 e. The van der Waals surface area contributed by atoms with Gasteiger partial charge in [0.1, 0.15) is 12.4 Å². The summed E-state index contributed by atoms with van der Waals surface area (Å²) < 4.78 is 17.9. The van der Waals surface area contributed by atoms with E-state index in [4.69, 9.17) is 19.9 Å². The lowest BCUT2D eigenvalue weighted by molar-refractivity contribution is -0.149. The minimum Gasteiger partial charge on any atom is -0.445 e. The molecule has 520 valence electrons. The van der Waals surface area contributed by atoms with E-state index in [1.54, 1.807) is 78.1 Å². The summed E-state index contributed by atoms with van der Waals surface area (Å²) in [4.78, 5) is 152. The summed E-state index contributed by atoms with van der Waals surface area (Å²) in [5.74, 6) is -4.92. The van der Waals surface area contributed by atoms with E-state index in [1.165, 1.54) is 17.7 Å². The monoisotopic (exact) mass is 1310 g/mol. The summed E-state index contributed by atoms with van der Waals surface area (Å²) >= 11 is 0. The Morgan fingerprint density at radius 3 is 2.00 bits per heavy atom. The Bertz CT molecular complexity index is 2890. The molecule has 10 atom stereocenters. The standard InChI is InChI=1S/C72H108N8O14/c1-45(2)55(69(89)78(10)66(52-26-18-14-19-27-52)59(92-11)43-64(87)79-39-23-29-56(79)67(93-12)49(7)57(81)40-47(5)48(6)51-24-16-13-17-25-51)42-60(83)72(8,9)77-71(91)94-44-50-31-33-54(34-32-50)75-68(88)53(28-22-37-74-70(73)90)41-58(82)65(46(3)4)76-61(84)30-20-15-21-38-80-62(85)35-36-63(80)86/h13,16-17,24-25,31-36,45-49,52-53,55-56,59,65-67H,14-15,18-23,26-30,37-44H2,1-12H3,(H,75,88)(H,76,84)(H,77,91)(H3,73,74,90)/t47-,48+,49-,53?,55-,56-,59+,65-,66-,67+/m0/s1. The minimum atomic E-state index is -1.46. The molecule has 0 radical (unpaired) electrons. The van der Waals surface area contributed by atoms with E-state index in [2.05, 4.69) is 47.2 Å². The number of nitrogens with one attached hydrogen (secondary N) is 4. The quantitative estimate of drug-likeness (QED) is 0.0308. The number of alkyl carbamates (subject to hydrolysis) is 1. The van der Waals surface area contributed by atoms with Gasteiger partial charge in [-0.1, -0.05) is 117 Å². The summed E-state index contributed by atoms with van der Waals surface area (Å²) in [5, 5.41) is 10.9. The van der Waals surface area contributed by atoms with Crippen LogP contribution in [0.1, 0.15) is 189 Å². The number of unbranched alkanes of at least 4 members (excludes halogenated alkanes) is 2. The van der Waals surface area contributed by atoms with Crippen molar-refractivity contribution in [2.45, 2.75) is 220 Å². The van der Waals surface area contributed by atoms with Crippen molar-refractivity contribution in [1.82, 2.24) is 30.7 Å². The number of nitrogens with two attached hydrogens (primary N) is 1. The minimum absolute atomic E-state index is 0.00960. The number of imide groups is 1. The lowest BCUT2D eigenvalue weighted by Crippen LogP contribution is -2.55. The van der Waals surface area contributed by atoms with Gasteiger partial charge in [-0.15, -0.1) is 0 Å². The Morgan fingerprint density at radius 2 is 1.39 bits per heavy atom. The van der Waals surface area contributed by atoms with Crippen LogP contribution in [0.15, 0.2) is 66.7 Å². The van der Waals surface area contributed by atoms with Crippen molar-refractivity contribution in [3.8, 4) is 0 Å². The highest BCUT2D eigenvalue weighted by Gasteiger charge is 2.45. The third-order valence-electron chi connectivity index (χ3n) is 19.6. The predicted molar refractivity (Wildman–Crippen MR) is 358 cm³/mol. The average molecular weight is 1310 g/mol. The number of benzene rings is 2.